The molecule has 4 rings (SSSR count). The molecule has 1 atom stereocenters. The summed E-state index contributed by atoms with van der Waals surface area (Å²) in [7, 11) is 0.712. The van der Waals surface area contributed by atoms with Crippen molar-refractivity contribution >= 4 is 50.4 Å². The minimum Gasteiger partial charge on any atom is -0.355 e. The molecule has 0 saturated carbocycles. The van der Waals surface area contributed by atoms with Gasteiger partial charge in [-0.2, -0.15) is 4.98 Å². The van der Waals surface area contributed by atoms with Crippen molar-refractivity contribution in [2.45, 2.75) is 43.4 Å². The normalized spacial score (nSPS) is 16.1. The zero-order valence-corrected chi connectivity index (χ0v) is 22.7. The number of sulfone groups is 1. The third-order valence-electron chi connectivity index (χ3n) is 6.35. The molecule has 0 spiro atoms. The lowest BCUT2D eigenvalue weighted by Crippen LogP contribution is -2.31. The molecule has 11 heteroatoms. The van der Waals surface area contributed by atoms with Gasteiger partial charge >= 0.3 is 0 Å². The van der Waals surface area contributed by atoms with Gasteiger partial charge in [-0.05, 0) is 65.6 Å². The number of aromatic nitrogens is 3. The van der Waals surface area contributed by atoms with E-state index in [0.29, 0.717) is 23.5 Å². The number of halogens is 1. The number of aryl methyl sites for hydroxylation is 1. The van der Waals surface area contributed by atoms with Crippen LogP contribution in [0.3, 0.4) is 0 Å². The van der Waals surface area contributed by atoms with E-state index in [4.69, 9.17) is 16.6 Å². The maximum Gasteiger partial charge on any atom is 0.229 e. The number of anilines is 5. The maximum atomic E-state index is 12.8. The Morgan fingerprint density at radius 3 is 2.50 bits per heavy atom. The first-order chi connectivity index (χ1) is 17.1. The summed E-state index contributed by atoms with van der Waals surface area (Å²) in [5.74, 6) is 1.57. The van der Waals surface area contributed by atoms with Gasteiger partial charge in [0.25, 0.3) is 0 Å². The van der Waals surface area contributed by atoms with Crippen molar-refractivity contribution in [2.75, 3.05) is 42.7 Å². The summed E-state index contributed by atoms with van der Waals surface area (Å²) < 4.78 is 25.6. The summed E-state index contributed by atoms with van der Waals surface area (Å²) in [6.45, 7) is 7.17. The SMILES string of the molecule is Cc1nc(N2CC[C@H](N(C)C)C2)ccc1Nc1ncc(Cl)c(Nc2ccccc2S(=O)(=O)C(C)C)n1. The zero-order chi connectivity index (χ0) is 26.0. The Kier molecular flexibility index (Phi) is 7.67. The third-order valence-corrected chi connectivity index (χ3v) is 8.83. The summed E-state index contributed by atoms with van der Waals surface area (Å²) in [6, 6.07) is 11.2. The molecule has 0 unspecified atom stereocenters. The Balaban J connectivity index is 1.54. The van der Waals surface area contributed by atoms with E-state index in [1.54, 1.807) is 38.1 Å². The van der Waals surface area contributed by atoms with Gasteiger partial charge < -0.3 is 20.4 Å². The molecule has 2 N–H and O–H groups in total. The highest BCUT2D eigenvalue weighted by atomic mass is 35.5. The van der Waals surface area contributed by atoms with E-state index in [1.165, 1.54) is 6.20 Å². The van der Waals surface area contributed by atoms with Crippen molar-refractivity contribution in [2.24, 2.45) is 0 Å². The predicted octanol–water partition coefficient (Wildman–Crippen LogP) is 4.64. The Hall–Kier alpha value is -2.95. The maximum absolute atomic E-state index is 12.8. The van der Waals surface area contributed by atoms with Crippen LogP contribution in [-0.2, 0) is 9.84 Å². The second-order valence-electron chi connectivity index (χ2n) is 9.38. The van der Waals surface area contributed by atoms with Gasteiger partial charge in [-0.25, -0.2) is 18.4 Å². The molecule has 1 aromatic carbocycles. The molecule has 0 amide bonds. The standard InChI is InChI=1S/C25H32ClN7O2S/c1-16(2)36(34,35)22-9-7-6-8-21(22)29-24-19(26)14-27-25(31-24)30-20-10-11-23(28-17(20)3)33-13-12-18(15-33)32(4)5/h6-11,14,16,18H,12-13,15H2,1-5H3,(H2,27,29,30,31)/t18-/m0/s1. The summed E-state index contributed by atoms with van der Waals surface area (Å²) in [4.78, 5) is 18.3. The largest absolute Gasteiger partial charge is 0.355 e. The number of pyridine rings is 1. The van der Waals surface area contributed by atoms with E-state index in [2.05, 4.69) is 44.5 Å². The molecule has 2 aromatic heterocycles. The van der Waals surface area contributed by atoms with Crippen LogP contribution >= 0.6 is 11.6 Å². The van der Waals surface area contributed by atoms with Crippen molar-refractivity contribution in [1.29, 1.82) is 0 Å². The van der Waals surface area contributed by atoms with Crippen molar-refractivity contribution < 1.29 is 8.42 Å². The van der Waals surface area contributed by atoms with Crippen LogP contribution in [0.5, 0.6) is 0 Å². The van der Waals surface area contributed by atoms with E-state index in [9.17, 15) is 8.42 Å². The Bertz CT molecular complexity index is 1350. The number of rotatable bonds is 8. The molecule has 3 heterocycles. The first-order valence-electron chi connectivity index (χ1n) is 11.8. The number of nitrogens with one attached hydrogen (secondary N) is 2. The molecule has 9 nitrogen and oxygen atoms in total. The molecular formula is C25H32ClN7O2S. The minimum atomic E-state index is -3.50. The van der Waals surface area contributed by atoms with Crippen LogP contribution in [0.4, 0.5) is 29.0 Å². The molecule has 0 bridgehead atoms. The predicted molar refractivity (Wildman–Crippen MR) is 146 cm³/mol. The molecule has 0 aliphatic carbocycles. The third kappa shape index (κ3) is 5.55. The van der Waals surface area contributed by atoms with E-state index in [1.807, 2.05) is 19.1 Å². The zero-order valence-electron chi connectivity index (χ0n) is 21.2. The number of hydrogen-bond acceptors (Lipinski definition) is 9. The highest BCUT2D eigenvalue weighted by Gasteiger charge is 2.25. The topological polar surface area (TPSA) is 103 Å². The summed E-state index contributed by atoms with van der Waals surface area (Å²) in [5.41, 5.74) is 2.00. The molecule has 1 saturated heterocycles. The van der Waals surface area contributed by atoms with Crippen molar-refractivity contribution in [1.82, 2.24) is 19.9 Å². The van der Waals surface area contributed by atoms with Crippen LogP contribution in [0.1, 0.15) is 26.0 Å². The lowest BCUT2D eigenvalue weighted by atomic mass is 10.2. The number of likely N-dealkylation sites (N-methyl/N-ethyl adjacent to an activating group) is 1. The van der Waals surface area contributed by atoms with Crippen LogP contribution < -0.4 is 15.5 Å². The van der Waals surface area contributed by atoms with Crippen LogP contribution in [0.15, 0.2) is 47.5 Å². The van der Waals surface area contributed by atoms with Crippen molar-refractivity contribution in [3.05, 3.63) is 53.3 Å². The fourth-order valence-electron chi connectivity index (χ4n) is 4.06. The summed E-state index contributed by atoms with van der Waals surface area (Å²) in [6.07, 6.45) is 2.59. The van der Waals surface area contributed by atoms with E-state index < -0.39 is 15.1 Å². The minimum absolute atomic E-state index is 0.193. The number of benzene rings is 1. The Morgan fingerprint density at radius 2 is 1.83 bits per heavy atom. The highest BCUT2D eigenvalue weighted by molar-refractivity contribution is 7.92. The average molecular weight is 530 g/mol. The van der Waals surface area contributed by atoms with Gasteiger partial charge in [-0.15, -0.1) is 0 Å². The summed E-state index contributed by atoms with van der Waals surface area (Å²) >= 11 is 6.35. The average Bonchev–Trinajstić information content (AvgIpc) is 3.33. The second kappa shape index (κ2) is 10.6. The van der Waals surface area contributed by atoms with Gasteiger partial charge in [0, 0.05) is 19.1 Å². The first-order valence-corrected chi connectivity index (χ1v) is 13.8. The lowest BCUT2D eigenvalue weighted by Gasteiger charge is -2.21. The van der Waals surface area contributed by atoms with Crippen molar-refractivity contribution in [3.8, 4) is 0 Å². The van der Waals surface area contributed by atoms with Gasteiger partial charge in [0.05, 0.1) is 33.4 Å². The van der Waals surface area contributed by atoms with E-state index >= 15 is 0 Å². The Morgan fingerprint density at radius 1 is 1.08 bits per heavy atom. The smallest absolute Gasteiger partial charge is 0.229 e. The first kappa shape index (κ1) is 26.1. The van der Waals surface area contributed by atoms with Crippen LogP contribution in [-0.4, -0.2) is 66.7 Å². The molecule has 1 aliphatic heterocycles. The van der Waals surface area contributed by atoms with Gasteiger partial charge in [-0.3, -0.25) is 0 Å². The van der Waals surface area contributed by atoms with Crippen molar-refractivity contribution in [3.63, 3.8) is 0 Å². The fourth-order valence-corrected chi connectivity index (χ4v) is 5.40. The lowest BCUT2D eigenvalue weighted by molar-refractivity contribution is 0.315. The monoisotopic (exact) mass is 529 g/mol. The second-order valence-corrected chi connectivity index (χ2v) is 12.3. The molecule has 1 aliphatic rings. The van der Waals surface area contributed by atoms with Crippen LogP contribution in [0.25, 0.3) is 0 Å². The molecule has 36 heavy (non-hydrogen) atoms. The van der Waals surface area contributed by atoms with Gasteiger partial charge in [0.2, 0.25) is 5.95 Å². The number of nitrogens with zero attached hydrogens (tertiary/aromatic N) is 5. The number of para-hydroxylation sites is 1. The molecular weight excluding hydrogens is 498 g/mol. The molecule has 1 fully saturated rings. The van der Waals surface area contributed by atoms with Gasteiger partial charge in [0.15, 0.2) is 15.7 Å². The molecule has 0 radical (unpaired) electrons. The molecule has 192 valence electrons. The van der Waals surface area contributed by atoms with Crippen LogP contribution in [0.2, 0.25) is 5.02 Å². The molecule has 3 aromatic rings. The Labute approximate surface area is 217 Å². The fraction of sp³-hybridized carbons (Fsp3) is 0.400. The van der Waals surface area contributed by atoms with Gasteiger partial charge in [-0.1, -0.05) is 23.7 Å². The van der Waals surface area contributed by atoms with Gasteiger partial charge in [0.1, 0.15) is 10.8 Å². The quantitative estimate of drug-likeness (QED) is 0.431. The van der Waals surface area contributed by atoms with Crippen LogP contribution in [0, 0.1) is 6.92 Å². The van der Waals surface area contributed by atoms with E-state index in [0.717, 1.165) is 36.7 Å². The van der Waals surface area contributed by atoms with E-state index in [-0.39, 0.29) is 9.92 Å². The summed E-state index contributed by atoms with van der Waals surface area (Å²) in [5, 5.41) is 5.99. The number of hydrogen-bond donors (Lipinski definition) is 2. The highest BCUT2D eigenvalue weighted by Crippen LogP contribution is 2.31.